The molecule has 1 N–H and O–H groups in total. The maximum Gasteiger partial charge on any atom is 0.328 e. The van der Waals surface area contributed by atoms with Crippen LogP contribution in [0.4, 0.5) is 0 Å². The summed E-state index contributed by atoms with van der Waals surface area (Å²) in [5.74, 6) is -0.341. The summed E-state index contributed by atoms with van der Waals surface area (Å²) >= 11 is 0. The molecule has 0 aliphatic carbocycles. The minimum atomic E-state index is -1.07. The number of carboxylic acids is 1. The fraction of sp³-hybridized carbons (Fsp3) is 0.385. The maximum absolute atomic E-state index is 12.4. The van der Waals surface area contributed by atoms with Crippen molar-refractivity contribution in [3.8, 4) is 11.5 Å². The lowest BCUT2D eigenvalue weighted by atomic mass is 10.1. The molecule has 0 spiro atoms. The molecule has 1 aromatic carbocycles. The maximum atomic E-state index is 12.4. The van der Waals surface area contributed by atoms with Crippen molar-refractivity contribution in [2.75, 3.05) is 26.6 Å². The molecule has 0 aromatic heterocycles. The Bertz CT molecular complexity index is 558. The number of nitrogens with zero attached hydrogens (tertiary/aromatic N) is 1. The Kier molecular flexibility index (Phi) is 3.19. The Hall–Kier alpha value is -2.28. The number of fused-ring (bicyclic) bond motifs is 1. The Balaban J connectivity index is 1.85. The van der Waals surface area contributed by atoms with E-state index in [0.717, 1.165) is 0 Å². The van der Waals surface area contributed by atoms with Gasteiger partial charge in [0.2, 0.25) is 6.79 Å². The van der Waals surface area contributed by atoms with E-state index in [1.54, 1.807) is 18.2 Å². The van der Waals surface area contributed by atoms with Crippen LogP contribution in [0.1, 0.15) is 10.4 Å². The molecule has 2 aliphatic rings. The first kappa shape index (κ1) is 12.7. The summed E-state index contributed by atoms with van der Waals surface area (Å²) in [4.78, 5) is 24.9. The van der Waals surface area contributed by atoms with Crippen molar-refractivity contribution in [1.29, 1.82) is 0 Å². The Morgan fingerprint density at radius 3 is 2.85 bits per heavy atom. The van der Waals surface area contributed by atoms with E-state index in [4.69, 9.17) is 19.3 Å². The standard InChI is InChI=1S/C13H13NO6/c15-12(14-3-4-18-6-9(14)13(16)17)8-1-2-10-11(5-8)20-7-19-10/h1-2,5,9H,3-4,6-7H2,(H,16,17). The summed E-state index contributed by atoms with van der Waals surface area (Å²) in [5.41, 5.74) is 0.377. The van der Waals surface area contributed by atoms with Gasteiger partial charge in [0.25, 0.3) is 5.91 Å². The summed E-state index contributed by atoms with van der Waals surface area (Å²) in [7, 11) is 0. The number of rotatable bonds is 2. The van der Waals surface area contributed by atoms with E-state index in [9.17, 15) is 9.59 Å². The number of amides is 1. The lowest BCUT2D eigenvalue weighted by molar-refractivity contribution is -0.147. The van der Waals surface area contributed by atoms with Crippen LogP contribution in [0.25, 0.3) is 0 Å². The molecule has 2 aliphatic heterocycles. The first-order valence-electron chi connectivity index (χ1n) is 6.18. The van der Waals surface area contributed by atoms with Gasteiger partial charge in [0.15, 0.2) is 17.5 Å². The van der Waals surface area contributed by atoms with E-state index in [2.05, 4.69) is 0 Å². The third kappa shape index (κ3) is 2.16. The molecule has 1 saturated heterocycles. The van der Waals surface area contributed by atoms with Gasteiger partial charge in [0.1, 0.15) is 0 Å². The minimum Gasteiger partial charge on any atom is -0.480 e. The molecule has 0 saturated carbocycles. The zero-order valence-electron chi connectivity index (χ0n) is 10.6. The monoisotopic (exact) mass is 279 g/mol. The van der Waals surface area contributed by atoms with Crippen molar-refractivity contribution in [1.82, 2.24) is 4.90 Å². The summed E-state index contributed by atoms with van der Waals surface area (Å²) in [6.45, 7) is 0.720. The van der Waals surface area contributed by atoms with Gasteiger partial charge in [0.05, 0.1) is 13.2 Å². The van der Waals surface area contributed by atoms with Crippen molar-refractivity contribution in [3.63, 3.8) is 0 Å². The zero-order chi connectivity index (χ0) is 14.1. The summed E-state index contributed by atoms with van der Waals surface area (Å²) in [6.07, 6.45) is 0. The second-order valence-corrected chi connectivity index (χ2v) is 4.50. The number of carbonyl (C=O) groups is 2. The summed E-state index contributed by atoms with van der Waals surface area (Å²) < 4.78 is 15.5. The van der Waals surface area contributed by atoms with Gasteiger partial charge in [-0.2, -0.15) is 0 Å². The van der Waals surface area contributed by atoms with Crippen LogP contribution in [0.5, 0.6) is 11.5 Å². The number of ether oxygens (including phenoxy) is 3. The highest BCUT2D eigenvalue weighted by molar-refractivity contribution is 5.97. The Morgan fingerprint density at radius 2 is 2.05 bits per heavy atom. The molecule has 1 fully saturated rings. The highest BCUT2D eigenvalue weighted by atomic mass is 16.7. The highest BCUT2D eigenvalue weighted by Gasteiger charge is 2.33. The van der Waals surface area contributed by atoms with Gasteiger partial charge in [-0.25, -0.2) is 4.79 Å². The van der Waals surface area contributed by atoms with Crippen molar-refractivity contribution in [3.05, 3.63) is 23.8 Å². The SMILES string of the molecule is O=C(O)C1COCCN1C(=O)c1ccc2c(c1)OCO2. The Morgan fingerprint density at radius 1 is 1.25 bits per heavy atom. The minimum absolute atomic E-state index is 0.00558. The smallest absolute Gasteiger partial charge is 0.328 e. The van der Waals surface area contributed by atoms with Crippen molar-refractivity contribution in [2.45, 2.75) is 6.04 Å². The second-order valence-electron chi connectivity index (χ2n) is 4.50. The molecule has 3 rings (SSSR count). The molecule has 7 nitrogen and oxygen atoms in total. The fourth-order valence-corrected chi connectivity index (χ4v) is 2.25. The third-order valence-corrected chi connectivity index (χ3v) is 3.29. The lowest BCUT2D eigenvalue weighted by Crippen LogP contribution is -2.52. The summed E-state index contributed by atoms with van der Waals surface area (Å²) in [6, 6.07) is 3.86. The van der Waals surface area contributed by atoms with E-state index in [-0.39, 0.29) is 25.9 Å². The van der Waals surface area contributed by atoms with Gasteiger partial charge in [-0.15, -0.1) is 0 Å². The molecule has 1 amide bonds. The van der Waals surface area contributed by atoms with E-state index in [0.29, 0.717) is 23.7 Å². The molecule has 1 unspecified atom stereocenters. The molecule has 0 bridgehead atoms. The van der Waals surface area contributed by atoms with Gasteiger partial charge >= 0.3 is 5.97 Å². The van der Waals surface area contributed by atoms with Crippen LogP contribution in [0, 0.1) is 0 Å². The number of morpholine rings is 1. The molecule has 1 aromatic rings. The van der Waals surface area contributed by atoms with Gasteiger partial charge in [-0.3, -0.25) is 4.79 Å². The summed E-state index contributed by atoms with van der Waals surface area (Å²) in [5, 5.41) is 9.14. The first-order chi connectivity index (χ1) is 9.66. The zero-order valence-corrected chi connectivity index (χ0v) is 10.6. The Labute approximate surface area is 114 Å². The van der Waals surface area contributed by atoms with Crippen molar-refractivity contribution >= 4 is 11.9 Å². The molecule has 20 heavy (non-hydrogen) atoms. The molecule has 0 radical (unpaired) electrons. The van der Waals surface area contributed by atoms with Crippen LogP contribution in [0.3, 0.4) is 0 Å². The van der Waals surface area contributed by atoms with Crippen LogP contribution in [-0.2, 0) is 9.53 Å². The predicted molar refractivity (Wildman–Crippen MR) is 65.8 cm³/mol. The average molecular weight is 279 g/mol. The largest absolute Gasteiger partial charge is 0.480 e. The van der Waals surface area contributed by atoms with E-state index >= 15 is 0 Å². The molecular formula is C13H13NO6. The molecular weight excluding hydrogens is 266 g/mol. The molecule has 2 heterocycles. The van der Waals surface area contributed by atoms with Crippen LogP contribution < -0.4 is 9.47 Å². The van der Waals surface area contributed by atoms with E-state index < -0.39 is 12.0 Å². The topological polar surface area (TPSA) is 85.3 Å². The average Bonchev–Trinajstić information content (AvgIpc) is 2.93. The van der Waals surface area contributed by atoms with Crippen molar-refractivity contribution in [2.24, 2.45) is 0 Å². The molecule has 7 heteroatoms. The number of carbonyl (C=O) groups excluding carboxylic acids is 1. The van der Waals surface area contributed by atoms with Gasteiger partial charge in [-0.1, -0.05) is 0 Å². The quantitative estimate of drug-likeness (QED) is 0.840. The molecule has 1 atom stereocenters. The normalized spacial score (nSPS) is 20.8. The van der Waals surface area contributed by atoms with Crippen molar-refractivity contribution < 1.29 is 28.9 Å². The van der Waals surface area contributed by atoms with Gasteiger partial charge in [-0.05, 0) is 18.2 Å². The van der Waals surface area contributed by atoms with E-state index in [1.807, 2.05) is 0 Å². The van der Waals surface area contributed by atoms with Crippen LogP contribution in [0.15, 0.2) is 18.2 Å². The van der Waals surface area contributed by atoms with Gasteiger partial charge < -0.3 is 24.2 Å². The van der Waals surface area contributed by atoms with Gasteiger partial charge in [0, 0.05) is 12.1 Å². The first-order valence-corrected chi connectivity index (χ1v) is 6.18. The fourth-order valence-electron chi connectivity index (χ4n) is 2.25. The van der Waals surface area contributed by atoms with Crippen LogP contribution in [-0.4, -0.2) is 54.5 Å². The lowest BCUT2D eigenvalue weighted by Gasteiger charge is -2.32. The highest BCUT2D eigenvalue weighted by Crippen LogP contribution is 2.33. The number of benzene rings is 1. The molecule has 106 valence electrons. The van der Waals surface area contributed by atoms with Crippen LogP contribution in [0.2, 0.25) is 0 Å². The second kappa shape index (κ2) is 5.01. The third-order valence-electron chi connectivity index (χ3n) is 3.29. The number of aliphatic carboxylic acids is 1. The number of hydrogen-bond donors (Lipinski definition) is 1. The predicted octanol–water partition coefficient (Wildman–Crippen LogP) is 0.341. The van der Waals surface area contributed by atoms with E-state index in [1.165, 1.54) is 4.90 Å². The number of carboxylic acid groups (broad SMARTS) is 1. The number of hydrogen-bond acceptors (Lipinski definition) is 5. The van der Waals surface area contributed by atoms with Crippen LogP contribution >= 0.6 is 0 Å².